The molecule has 0 aliphatic carbocycles. The van der Waals surface area contributed by atoms with Gasteiger partial charge in [0.2, 0.25) is 0 Å². The average molecular weight is 290 g/mol. The van der Waals surface area contributed by atoms with E-state index in [4.69, 9.17) is 0 Å². The van der Waals surface area contributed by atoms with Crippen molar-refractivity contribution in [2.24, 2.45) is 0 Å². The molecule has 104 valence electrons. The molecule has 0 saturated carbocycles. The van der Waals surface area contributed by atoms with Crippen molar-refractivity contribution in [2.75, 3.05) is 0 Å². The topological polar surface area (TPSA) is 20.2 Å². The van der Waals surface area contributed by atoms with Crippen molar-refractivity contribution < 1.29 is 31.4 Å². The highest BCUT2D eigenvalue weighted by molar-refractivity contribution is 6.78. The van der Waals surface area contributed by atoms with Gasteiger partial charge in [-0.05, 0) is 35.2 Å². The van der Waals surface area contributed by atoms with Crippen LogP contribution in [0.2, 0.25) is 0 Å². The molecule has 0 bridgehead atoms. The maximum Gasteiger partial charge on any atom is 0.359 e. The van der Waals surface area contributed by atoms with Crippen molar-refractivity contribution in [3.05, 3.63) is 59.2 Å². The summed E-state index contributed by atoms with van der Waals surface area (Å²) in [6, 6.07) is 1.90. The predicted octanol–water partition coefficient (Wildman–Crippen LogP) is 1.62. The summed E-state index contributed by atoms with van der Waals surface area (Å²) in [6.07, 6.45) is 0. The van der Waals surface area contributed by atoms with Gasteiger partial charge in [-0.2, -0.15) is 0 Å². The molecule has 1 nitrogen and oxygen atoms in total. The summed E-state index contributed by atoms with van der Waals surface area (Å²) in [5, 5.41) is 9.76. The highest BCUT2D eigenvalue weighted by atomic mass is 19.2. The third kappa shape index (κ3) is 2.51. The number of hydrogen-bond donors (Lipinski definition) is 1. The predicted molar refractivity (Wildman–Crippen MR) is 59.9 cm³/mol. The molecule has 0 heterocycles. The van der Waals surface area contributed by atoms with E-state index in [0.717, 1.165) is 0 Å². The maximum atomic E-state index is 13.0. The maximum absolute atomic E-state index is 13.0. The van der Waals surface area contributed by atoms with Crippen LogP contribution < -0.4 is 10.9 Å². The smallest absolute Gasteiger partial charge is 0.359 e. The third-order valence-electron chi connectivity index (χ3n) is 2.64. The van der Waals surface area contributed by atoms with Crippen molar-refractivity contribution in [1.29, 1.82) is 0 Å². The Morgan fingerprint density at radius 1 is 0.600 bits per heavy atom. The first kappa shape index (κ1) is 14.5. The fourth-order valence-electron chi connectivity index (χ4n) is 1.66. The second-order valence-corrected chi connectivity index (χ2v) is 4.00. The molecule has 0 aliphatic heterocycles. The molecule has 1 N–H and O–H groups in total. The second-order valence-electron chi connectivity index (χ2n) is 4.00. The van der Waals surface area contributed by atoms with Gasteiger partial charge in [-0.15, -0.1) is 0 Å². The lowest BCUT2D eigenvalue weighted by Crippen LogP contribution is -2.43. The van der Waals surface area contributed by atoms with Crippen molar-refractivity contribution >= 4 is 17.8 Å². The van der Waals surface area contributed by atoms with E-state index in [0.29, 0.717) is 24.3 Å². The van der Waals surface area contributed by atoms with Crippen LogP contribution in [-0.2, 0) is 0 Å². The van der Waals surface area contributed by atoms with Gasteiger partial charge in [-0.1, -0.05) is 0 Å². The molecule has 0 radical (unpaired) electrons. The molecule has 0 saturated heterocycles. The lowest BCUT2D eigenvalue weighted by Gasteiger charge is -2.09. The number of hydrogen-bond acceptors (Lipinski definition) is 1. The summed E-state index contributed by atoms with van der Waals surface area (Å²) in [5.41, 5.74) is -0.932. The summed E-state index contributed by atoms with van der Waals surface area (Å²) in [7, 11) is 0. The van der Waals surface area contributed by atoms with Crippen LogP contribution in [0.25, 0.3) is 0 Å². The lowest BCUT2D eigenvalue weighted by atomic mass is 9.56. The van der Waals surface area contributed by atoms with Crippen molar-refractivity contribution in [1.82, 2.24) is 0 Å². The SMILES string of the molecule is OB(c1cc(F)c(F)c(F)c1)c1cc(F)c(F)c(F)c1. The molecule has 20 heavy (non-hydrogen) atoms. The molecule has 2 rings (SSSR count). The zero-order valence-electron chi connectivity index (χ0n) is 9.60. The van der Waals surface area contributed by atoms with Crippen molar-refractivity contribution in [3.8, 4) is 0 Å². The van der Waals surface area contributed by atoms with Crippen molar-refractivity contribution in [3.63, 3.8) is 0 Å². The molecule has 2 aromatic carbocycles. The first-order chi connectivity index (χ1) is 9.31. The summed E-state index contributed by atoms with van der Waals surface area (Å²) in [6.45, 7) is -1.84. The van der Waals surface area contributed by atoms with Gasteiger partial charge >= 0.3 is 6.92 Å². The van der Waals surface area contributed by atoms with Gasteiger partial charge in [-0.25, -0.2) is 26.3 Å². The van der Waals surface area contributed by atoms with Crippen LogP contribution >= 0.6 is 0 Å². The molecule has 0 unspecified atom stereocenters. The first-order valence-electron chi connectivity index (χ1n) is 5.28. The average Bonchev–Trinajstić information content (AvgIpc) is 2.40. The summed E-state index contributed by atoms with van der Waals surface area (Å²) in [5.74, 6) is -9.75. The Morgan fingerprint density at radius 3 is 1.10 bits per heavy atom. The van der Waals surface area contributed by atoms with Gasteiger partial charge in [0.25, 0.3) is 0 Å². The Labute approximate surface area is 109 Å². The monoisotopic (exact) mass is 290 g/mol. The minimum absolute atomic E-state index is 0.466. The summed E-state index contributed by atoms with van der Waals surface area (Å²) in [4.78, 5) is 0. The van der Waals surface area contributed by atoms with Crippen LogP contribution in [-0.4, -0.2) is 11.9 Å². The van der Waals surface area contributed by atoms with Gasteiger partial charge < -0.3 is 5.02 Å². The van der Waals surface area contributed by atoms with E-state index in [9.17, 15) is 31.4 Å². The van der Waals surface area contributed by atoms with Crippen LogP contribution in [0.4, 0.5) is 26.3 Å². The Bertz CT molecular complexity index is 571. The number of rotatable bonds is 2. The van der Waals surface area contributed by atoms with Crippen molar-refractivity contribution in [2.45, 2.75) is 0 Å². The lowest BCUT2D eigenvalue weighted by molar-refractivity contribution is 0.447. The van der Waals surface area contributed by atoms with Crippen LogP contribution in [0.3, 0.4) is 0 Å². The van der Waals surface area contributed by atoms with Gasteiger partial charge in [0.1, 0.15) is 0 Å². The molecular formula is C12H5BF6O. The van der Waals surface area contributed by atoms with Crippen LogP contribution in [0.15, 0.2) is 24.3 Å². The Balaban J connectivity index is 2.49. The summed E-state index contributed by atoms with van der Waals surface area (Å²) >= 11 is 0. The van der Waals surface area contributed by atoms with Crippen LogP contribution in [0, 0.1) is 34.9 Å². The molecule has 0 atom stereocenters. The fourth-order valence-corrected chi connectivity index (χ4v) is 1.66. The van der Waals surface area contributed by atoms with E-state index < -0.39 is 52.7 Å². The molecular weight excluding hydrogens is 285 g/mol. The molecule has 0 fully saturated rings. The standard InChI is InChI=1S/C12H5BF6O/c14-7-1-5(2-8(15)11(7)18)13(20)6-3-9(16)12(19)10(17)4-6/h1-4,20H. The van der Waals surface area contributed by atoms with Gasteiger partial charge in [-0.3, -0.25) is 0 Å². The minimum Gasteiger partial charge on any atom is -0.443 e. The zero-order chi connectivity index (χ0) is 15.0. The van der Waals surface area contributed by atoms with E-state index in [2.05, 4.69) is 0 Å². The van der Waals surface area contributed by atoms with E-state index in [1.165, 1.54) is 0 Å². The second kappa shape index (κ2) is 5.20. The molecule has 0 amide bonds. The number of halogens is 6. The molecule has 0 aliphatic rings. The molecule has 0 spiro atoms. The van der Waals surface area contributed by atoms with E-state index in [1.807, 2.05) is 0 Å². The fraction of sp³-hybridized carbons (Fsp3) is 0. The minimum atomic E-state index is -1.84. The quantitative estimate of drug-likeness (QED) is 0.506. The highest BCUT2D eigenvalue weighted by Crippen LogP contribution is 2.10. The molecule has 0 aromatic heterocycles. The number of benzene rings is 2. The van der Waals surface area contributed by atoms with Crippen LogP contribution in [0.5, 0.6) is 0 Å². The largest absolute Gasteiger partial charge is 0.443 e. The highest BCUT2D eigenvalue weighted by Gasteiger charge is 2.24. The zero-order valence-corrected chi connectivity index (χ0v) is 9.60. The van der Waals surface area contributed by atoms with Gasteiger partial charge in [0.15, 0.2) is 34.9 Å². The Morgan fingerprint density at radius 2 is 0.850 bits per heavy atom. The third-order valence-corrected chi connectivity index (χ3v) is 2.64. The Hall–Kier alpha value is -1.96. The van der Waals surface area contributed by atoms with Gasteiger partial charge in [0, 0.05) is 0 Å². The summed E-state index contributed by atoms with van der Waals surface area (Å²) < 4.78 is 77.5. The van der Waals surface area contributed by atoms with Crippen LogP contribution in [0.1, 0.15) is 0 Å². The molecule has 2 aromatic rings. The first-order valence-corrected chi connectivity index (χ1v) is 5.28. The van der Waals surface area contributed by atoms with E-state index in [-0.39, 0.29) is 0 Å². The van der Waals surface area contributed by atoms with E-state index >= 15 is 0 Å². The van der Waals surface area contributed by atoms with Gasteiger partial charge in [0.05, 0.1) is 0 Å². The normalized spacial score (nSPS) is 10.8. The molecule has 8 heteroatoms. The van der Waals surface area contributed by atoms with E-state index in [1.54, 1.807) is 0 Å². The Kier molecular flexibility index (Phi) is 3.76.